The Morgan fingerprint density at radius 1 is 2.00 bits per heavy atom. The van der Waals surface area contributed by atoms with E-state index in [1.54, 1.807) is 0 Å². The molecule has 5 heavy (non-hydrogen) atoms. The summed E-state index contributed by atoms with van der Waals surface area (Å²) < 4.78 is 0. The summed E-state index contributed by atoms with van der Waals surface area (Å²) in [6.07, 6.45) is -0.324. The van der Waals surface area contributed by atoms with Gasteiger partial charge in [0.2, 0.25) is 0 Å². The SMILES string of the molecule is [13CH3][13CH](O)[13CH]=O. The Kier molecular flexibility index (Phi) is 1.76. The molecule has 30 valence electrons. The smallest absolute Gasteiger partial charge is 0.148 e. The van der Waals surface area contributed by atoms with Crippen LogP contribution in [0.4, 0.5) is 0 Å². The van der Waals surface area contributed by atoms with Crippen molar-refractivity contribution in [2.75, 3.05) is 0 Å². The molecule has 0 spiro atoms. The molecule has 2 heteroatoms. The van der Waals surface area contributed by atoms with Crippen LogP contribution in [0.2, 0.25) is 0 Å². The number of aldehydes is 1. The maximum atomic E-state index is 9.25. The van der Waals surface area contributed by atoms with Crippen molar-refractivity contribution in [3.63, 3.8) is 0 Å². The van der Waals surface area contributed by atoms with E-state index in [0.29, 0.717) is 6.29 Å². The average molecular weight is 77.1 g/mol. The van der Waals surface area contributed by atoms with Crippen molar-refractivity contribution in [1.82, 2.24) is 0 Å². The van der Waals surface area contributed by atoms with Crippen LogP contribution in [0.1, 0.15) is 6.92 Å². The molecular weight excluding hydrogens is 71.0 g/mol. The van der Waals surface area contributed by atoms with Crippen molar-refractivity contribution in [2.24, 2.45) is 0 Å². The molecule has 0 radical (unpaired) electrons. The van der Waals surface area contributed by atoms with Crippen LogP contribution < -0.4 is 0 Å². The number of hydrogen-bond acceptors (Lipinski definition) is 2. The minimum atomic E-state index is -0.796. The van der Waals surface area contributed by atoms with Gasteiger partial charge in [-0.25, -0.2) is 0 Å². The molecule has 0 aromatic rings. The first-order valence-electron chi connectivity index (χ1n) is 1.40. The van der Waals surface area contributed by atoms with Gasteiger partial charge in [0.05, 0.1) is 0 Å². The van der Waals surface area contributed by atoms with Gasteiger partial charge in [-0.2, -0.15) is 0 Å². The molecule has 0 aromatic carbocycles. The van der Waals surface area contributed by atoms with Gasteiger partial charge in [-0.3, -0.25) is 0 Å². The maximum Gasteiger partial charge on any atom is 0.148 e. The van der Waals surface area contributed by atoms with E-state index in [1.165, 1.54) is 6.92 Å². The Balaban J connectivity index is 2.83. The third-order valence-corrected chi connectivity index (χ3v) is 0.197. The van der Waals surface area contributed by atoms with Crippen molar-refractivity contribution in [3.8, 4) is 0 Å². The van der Waals surface area contributed by atoms with E-state index in [9.17, 15) is 4.79 Å². The van der Waals surface area contributed by atoms with Crippen molar-refractivity contribution in [1.29, 1.82) is 0 Å². The summed E-state index contributed by atoms with van der Waals surface area (Å²) >= 11 is 0. The zero-order chi connectivity index (χ0) is 4.28. The fourth-order valence-electron chi connectivity index (χ4n) is 0. The van der Waals surface area contributed by atoms with E-state index < -0.39 is 6.10 Å². The van der Waals surface area contributed by atoms with Crippen LogP contribution in [-0.4, -0.2) is 17.5 Å². The lowest BCUT2D eigenvalue weighted by molar-refractivity contribution is -0.114. The summed E-state index contributed by atoms with van der Waals surface area (Å²) in [5.74, 6) is 0. The van der Waals surface area contributed by atoms with Crippen LogP contribution in [0.25, 0.3) is 0 Å². The molecule has 1 atom stereocenters. The maximum absolute atomic E-state index is 9.25. The predicted molar refractivity (Wildman–Crippen MR) is 17.7 cm³/mol. The van der Waals surface area contributed by atoms with Gasteiger partial charge in [-0.15, -0.1) is 0 Å². The highest BCUT2D eigenvalue weighted by Crippen LogP contribution is 1.62. The molecule has 0 aromatic heterocycles. The van der Waals surface area contributed by atoms with Crippen molar-refractivity contribution < 1.29 is 9.90 Å². The highest BCUT2D eigenvalue weighted by Gasteiger charge is 1.81. The Labute approximate surface area is 30.4 Å². The summed E-state index contributed by atoms with van der Waals surface area (Å²) in [4.78, 5) is 9.25. The van der Waals surface area contributed by atoms with Crippen LogP contribution in [0.3, 0.4) is 0 Å². The topological polar surface area (TPSA) is 37.3 Å². The van der Waals surface area contributed by atoms with Crippen molar-refractivity contribution in [3.05, 3.63) is 0 Å². The lowest BCUT2D eigenvalue weighted by Gasteiger charge is -1.79. The van der Waals surface area contributed by atoms with E-state index >= 15 is 0 Å². The lowest BCUT2D eigenvalue weighted by atomic mass is 11.4. The highest BCUT2D eigenvalue weighted by molar-refractivity contribution is 5.54. The standard InChI is InChI=1S/C3H6O2/c1-3(5)2-4/h2-3,5H,1H3/i1+1,2+1,3+1. The molecule has 0 aliphatic rings. The molecule has 0 fully saturated rings. The van der Waals surface area contributed by atoms with E-state index in [4.69, 9.17) is 5.11 Å². The number of rotatable bonds is 1. The Bertz CT molecular complexity index is 31.9. The van der Waals surface area contributed by atoms with Crippen LogP contribution in [0.15, 0.2) is 0 Å². The summed E-state index contributed by atoms with van der Waals surface area (Å²) in [5.41, 5.74) is 0. The normalized spacial score (nSPS) is 14.0. The zero-order valence-corrected chi connectivity index (χ0v) is 3.01. The fraction of sp³-hybridized carbons (Fsp3) is 0.667. The van der Waals surface area contributed by atoms with Gasteiger partial charge in [-0.1, -0.05) is 0 Å². The number of carbonyl (C=O) groups is 1. The molecule has 0 rings (SSSR count). The van der Waals surface area contributed by atoms with Gasteiger partial charge < -0.3 is 9.90 Å². The van der Waals surface area contributed by atoms with Gasteiger partial charge >= 0.3 is 0 Å². The van der Waals surface area contributed by atoms with Gasteiger partial charge in [-0.05, 0) is 6.92 Å². The molecule has 1 unspecified atom stereocenters. The molecule has 0 bridgehead atoms. The number of hydrogen-bond donors (Lipinski definition) is 1. The monoisotopic (exact) mass is 77.0 g/mol. The second-order valence-electron chi connectivity index (χ2n) is 0.877. The van der Waals surface area contributed by atoms with Gasteiger partial charge in [0, 0.05) is 0 Å². The summed E-state index contributed by atoms with van der Waals surface area (Å²) in [5, 5.41) is 7.99. The molecular formula is C3H6O2. The van der Waals surface area contributed by atoms with Gasteiger partial charge in [0.1, 0.15) is 12.4 Å². The number of carbonyl (C=O) groups excluding carboxylic acids is 1. The minimum Gasteiger partial charge on any atom is -0.386 e. The van der Waals surface area contributed by atoms with Crippen LogP contribution in [0, 0.1) is 0 Å². The zero-order valence-electron chi connectivity index (χ0n) is 3.01. The van der Waals surface area contributed by atoms with E-state index in [0.717, 1.165) is 0 Å². The molecule has 1 N–H and O–H groups in total. The number of aliphatic hydroxyl groups excluding tert-OH is 1. The minimum absolute atomic E-state index is 0.472. The predicted octanol–water partition coefficient (Wildman–Crippen LogP) is -0.434. The van der Waals surface area contributed by atoms with E-state index in [2.05, 4.69) is 0 Å². The van der Waals surface area contributed by atoms with Crippen LogP contribution in [0.5, 0.6) is 0 Å². The number of aliphatic hydroxyl groups is 1. The first-order chi connectivity index (χ1) is 2.27. The first-order valence-corrected chi connectivity index (χ1v) is 1.40. The fourth-order valence-corrected chi connectivity index (χ4v) is 0. The van der Waals surface area contributed by atoms with E-state index in [1.807, 2.05) is 0 Å². The molecule has 0 heterocycles. The first kappa shape index (κ1) is 4.63. The quantitative estimate of drug-likeness (QED) is 0.340. The third-order valence-electron chi connectivity index (χ3n) is 0.197. The average Bonchev–Trinajstić information content (AvgIpc) is 1.38. The Morgan fingerprint density at radius 2 is 2.20 bits per heavy atom. The largest absolute Gasteiger partial charge is 0.386 e. The molecule has 0 saturated heterocycles. The van der Waals surface area contributed by atoms with Gasteiger partial charge in [0.25, 0.3) is 0 Å². The van der Waals surface area contributed by atoms with Crippen molar-refractivity contribution >= 4 is 6.29 Å². The molecule has 0 amide bonds. The molecule has 0 saturated carbocycles. The highest BCUT2D eigenvalue weighted by atomic mass is 16.4. The van der Waals surface area contributed by atoms with E-state index in [-0.39, 0.29) is 0 Å². The second-order valence-corrected chi connectivity index (χ2v) is 0.877. The summed E-state index contributed by atoms with van der Waals surface area (Å²) in [6, 6.07) is 0. The Morgan fingerprint density at radius 3 is 2.20 bits per heavy atom. The molecule has 2 nitrogen and oxygen atoms in total. The third kappa shape index (κ3) is 3.63. The Hall–Kier alpha value is -0.370. The summed E-state index contributed by atoms with van der Waals surface area (Å²) in [7, 11) is 0. The molecule has 0 aliphatic carbocycles. The van der Waals surface area contributed by atoms with Crippen molar-refractivity contribution in [2.45, 2.75) is 13.0 Å². The van der Waals surface area contributed by atoms with Crippen LogP contribution in [-0.2, 0) is 4.79 Å². The summed E-state index contributed by atoms with van der Waals surface area (Å²) in [6.45, 7) is 1.41. The lowest BCUT2D eigenvalue weighted by Crippen LogP contribution is -1.97. The second kappa shape index (κ2) is 1.91. The van der Waals surface area contributed by atoms with Crippen LogP contribution >= 0.6 is 0 Å². The molecule has 0 aliphatic heterocycles. The van der Waals surface area contributed by atoms with Gasteiger partial charge in [0.15, 0.2) is 0 Å².